The van der Waals surface area contributed by atoms with Gasteiger partial charge in [-0.05, 0) is 18.3 Å². The molecule has 0 unspecified atom stereocenters. The first-order chi connectivity index (χ1) is 4.83. The lowest BCUT2D eigenvalue weighted by molar-refractivity contribution is 0.669. The summed E-state index contributed by atoms with van der Waals surface area (Å²) in [6.07, 6.45) is 11.8. The zero-order valence-corrected chi connectivity index (χ0v) is 6.88. The van der Waals surface area contributed by atoms with E-state index in [1.54, 1.807) is 0 Å². The molecule has 0 fully saturated rings. The van der Waals surface area contributed by atoms with Gasteiger partial charge in [0.15, 0.2) is 0 Å². The molecule has 0 aliphatic heterocycles. The molecule has 0 heterocycles. The number of rotatable bonds is 2. The minimum absolute atomic E-state index is 0.660. The average molecular weight is 136 g/mol. The van der Waals surface area contributed by atoms with E-state index in [0.29, 0.717) is 5.92 Å². The zero-order valence-electron chi connectivity index (χ0n) is 6.88. The standard InChI is InChI=1S/C10H16/c1-3-4-10-7-5-9(2)6-8-10/h5-10H,3-4H2,1-2H3. The van der Waals surface area contributed by atoms with Crippen molar-refractivity contribution in [3.63, 3.8) is 0 Å². The highest BCUT2D eigenvalue weighted by Gasteiger charge is 2.03. The van der Waals surface area contributed by atoms with Crippen molar-refractivity contribution in [3.05, 3.63) is 24.3 Å². The van der Waals surface area contributed by atoms with Crippen LogP contribution in [0, 0.1) is 11.8 Å². The molecule has 1 rings (SSSR count). The molecule has 0 saturated heterocycles. The van der Waals surface area contributed by atoms with E-state index in [2.05, 4.69) is 38.2 Å². The van der Waals surface area contributed by atoms with Crippen LogP contribution < -0.4 is 0 Å². The van der Waals surface area contributed by atoms with Crippen molar-refractivity contribution in [2.45, 2.75) is 26.7 Å². The van der Waals surface area contributed by atoms with Gasteiger partial charge in [-0.3, -0.25) is 0 Å². The van der Waals surface area contributed by atoms with Crippen LogP contribution in [0.5, 0.6) is 0 Å². The van der Waals surface area contributed by atoms with E-state index in [1.165, 1.54) is 12.8 Å². The van der Waals surface area contributed by atoms with E-state index < -0.39 is 0 Å². The van der Waals surface area contributed by atoms with Gasteiger partial charge in [0.05, 0.1) is 0 Å². The van der Waals surface area contributed by atoms with E-state index in [1.807, 2.05) is 0 Å². The van der Waals surface area contributed by atoms with Gasteiger partial charge in [-0.15, -0.1) is 0 Å². The van der Waals surface area contributed by atoms with Gasteiger partial charge in [-0.2, -0.15) is 0 Å². The fourth-order valence-electron chi connectivity index (χ4n) is 1.29. The number of hydrogen-bond donors (Lipinski definition) is 0. The number of allylic oxidation sites excluding steroid dienone is 4. The Balaban J connectivity index is 2.38. The Hall–Kier alpha value is -0.520. The van der Waals surface area contributed by atoms with Gasteiger partial charge < -0.3 is 0 Å². The molecule has 0 atom stereocenters. The molecule has 0 saturated carbocycles. The van der Waals surface area contributed by atoms with E-state index in [4.69, 9.17) is 0 Å². The van der Waals surface area contributed by atoms with Gasteiger partial charge in [-0.25, -0.2) is 0 Å². The topological polar surface area (TPSA) is 0 Å². The first kappa shape index (κ1) is 7.59. The van der Waals surface area contributed by atoms with Gasteiger partial charge in [0.2, 0.25) is 0 Å². The van der Waals surface area contributed by atoms with Crippen LogP contribution in [0.25, 0.3) is 0 Å². The van der Waals surface area contributed by atoms with Gasteiger partial charge in [-0.1, -0.05) is 44.6 Å². The fourth-order valence-corrected chi connectivity index (χ4v) is 1.29. The lowest BCUT2D eigenvalue weighted by Crippen LogP contribution is -1.98. The average Bonchev–Trinajstić information content (AvgIpc) is 1.95. The maximum atomic E-state index is 2.33. The molecule has 0 heteroatoms. The van der Waals surface area contributed by atoms with Crippen LogP contribution >= 0.6 is 0 Å². The first-order valence-corrected chi connectivity index (χ1v) is 4.19. The quantitative estimate of drug-likeness (QED) is 0.511. The normalized spacial score (nSPS) is 31.0. The second kappa shape index (κ2) is 3.60. The largest absolute Gasteiger partial charge is 0.0813 e. The lowest BCUT2D eigenvalue weighted by atomic mass is 9.94. The summed E-state index contributed by atoms with van der Waals surface area (Å²) in [5.41, 5.74) is 0. The Morgan fingerprint density at radius 2 is 1.70 bits per heavy atom. The molecule has 56 valence electrons. The fraction of sp³-hybridized carbons (Fsp3) is 0.600. The van der Waals surface area contributed by atoms with Crippen LogP contribution in [0.15, 0.2) is 24.3 Å². The third-order valence-electron chi connectivity index (χ3n) is 1.95. The zero-order chi connectivity index (χ0) is 7.40. The summed E-state index contributed by atoms with van der Waals surface area (Å²) in [4.78, 5) is 0. The predicted octanol–water partition coefficient (Wildman–Crippen LogP) is 3.16. The Labute approximate surface area is 63.6 Å². The van der Waals surface area contributed by atoms with Crippen LogP contribution in [0.1, 0.15) is 26.7 Å². The highest BCUT2D eigenvalue weighted by molar-refractivity contribution is 5.11. The second-order valence-electron chi connectivity index (χ2n) is 3.08. The van der Waals surface area contributed by atoms with E-state index >= 15 is 0 Å². The highest BCUT2D eigenvalue weighted by atomic mass is 14.1. The third kappa shape index (κ3) is 2.02. The highest BCUT2D eigenvalue weighted by Crippen LogP contribution is 2.17. The van der Waals surface area contributed by atoms with Crippen molar-refractivity contribution in [1.29, 1.82) is 0 Å². The summed E-state index contributed by atoms with van der Waals surface area (Å²) in [5, 5.41) is 0. The monoisotopic (exact) mass is 136 g/mol. The van der Waals surface area contributed by atoms with Crippen molar-refractivity contribution in [1.82, 2.24) is 0 Å². The van der Waals surface area contributed by atoms with Crippen molar-refractivity contribution < 1.29 is 0 Å². The van der Waals surface area contributed by atoms with Crippen molar-refractivity contribution in [2.75, 3.05) is 0 Å². The SMILES string of the molecule is CCCC1C=CC(C)C=C1. The van der Waals surface area contributed by atoms with E-state index in [0.717, 1.165) is 5.92 Å². The minimum atomic E-state index is 0.660. The van der Waals surface area contributed by atoms with Crippen LogP contribution in [0.4, 0.5) is 0 Å². The van der Waals surface area contributed by atoms with Gasteiger partial charge in [0.1, 0.15) is 0 Å². The number of hydrogen-bond acceptors (Lipinski definition) is 0. The first-order valence-electron chi connectivity index (χ1n) is 4.19. The molecule has 10 heavy (non-hydrogen) atoms. The molecule has 0 aromatic rings. The molecule has 0 N–H and O–H groups in total. The summed E-state index contributed by atoms with van der Waals surface area (Å²) >= 11 is 0. The van der Waals surface area contributed by atoms with Crippen LogP contribution in [-0.4, -0.2) is 0 Å². The Morgan fingerprint density at radius 3 is 2.20 bits per heavy atom. The Kier molecular flexibility index (Phi) is 2.73. The van der Waals surface area contributed by atoms with Crippen LogP contribution in [0.2, 0.25) is 0 Å². The summed E-state index contributed by atoms with van der Waals surface area (Å²) in [5.74, 6) is 1.38. The molecular formula is C10H16. The molecule has 0 spiro atoms. The molecule has 0 nitrogen and oxygen atoms in total. The van der Waals surface area contributed by atoms with Crippen molar-refractivity contribution in [2.24, 2.45) is 11.8 Å². The van der Waals surface area contributed by atoms with Gasteiger partial charge in [0, 0.05) is 0 Å². The van der Waals surface area contributed by atoms with Crippen molar-refractivity contribution in [3.8, 4) is 0 Å². The molecule has 0 bridgehead atoms. The lowest BCUT2D eigenvalue weighted by Gasteiger charge is -2.12. The Morgan fingerprint density at radius 1 is 1.10 bits per heavy atom. The molecule has 1 aliphatic rings. The predicted molar refractivity (Wildman–Crippen MR) is 45.8 cm³/mol. The maximum absolute atomic E-state index is 2.33. The summed E-state index contributed by atoms with van der Waals surface area (Å²) in [6.45, 7) is 4.45. The van der Waals surface area contributed by atoms with Crippen molar-refractivity contribution >= 4 is 0 Å². The minimum Gasteiger partial charge on any atom is -0.0813 e. The van der Waals surface area contributed by atoms with E-state index in [-0.39, 0.29) is 0 Å². The summed E-state index contributed by atoms with van der Waals surface area (Å²) in [6, 6.07) is 0. The second-order valence-corrected chi connectivity index (χ2v) is 3.08. The molecule has 0 aromatic carbocycles. The Bertz CT molecular complexity index is 128. The van der Waals surface area contributed by atoms with Crippen LogP contribution in [-0.2, 0) is 0 Å². The molecular weight excluding hydrogens is 120 g/mol. The van der Waals surface area contributed by atoms with Gasteiger partial charge in [0.25, 0.3) is 0 Å². The summed E-state index contributed by atoms with van der Waals surface area (Å²) in [7, 11) is 0. The molecule has 0 amide bonds. The molecule has 0 radical (unpaired) electrons. The van der Waals surface area contributed by atoms with E-state index in [9.17, 15) is 0 Å². The smallest absolute Gasteiger partial charge is 0.00532 e. The molecule has 1 aliphatic carbocycles. The third-order valence-corrected chi connectivity index (χ3v) is 1.95. The summed E-state index contributed by atoms with van der Waals surface area (Å²) < 4.78 is 0. The van der Waals surface area contributed by atoms with Gasteiger partial charge >= 0.3 is 0 Å². The maximum Gasteiger partial charge on any atom is -0.00532 e. The molecule has 0 aromatic heterocycles. The van der Waals surface area contributed by atoms with Crippen LogP contribution in [0.3, 0.4) is 0 Å².